The molecule has 6 nitrogen and oxygen atoms in total. The van der Waals surface area contributed by atoms with Crippen molar-refractivity contribution in [2.24, 2.45) is 0 Å². The van der Waals surface area contributed by atoms with Crippen LogP contribution >= 0.6 is 11.3 Å². The molecule has 1 aromatic heterocycles. The molecule has 0 saturated heterocycles. The van der Waals surface area contributed by atoms with E-state index in [0.717, 1.165) is 0 Å². The van der Waals surface area contributed by atoms with Gasteiger partial charge in [0.25, 0.3) is 5.91 Å². The van der Waals surface area contributed by atoms with Crippen molar-refractivity contribution < 1.29 is 14.4 Å². The van der Waals surface area contributed by atoms with E-state index in [1.165, 1.54) is 23.3 Å². The lowest BCUT2D eigenvalue weighted by atomic mass is 10.2. The number of nitrogens with one attached hydrogen (secondary N) is 2. The number of anilines is 1. The van der Waals surface area contributed by atoms with Gasteiger partial charge in [-0.1, -0.05) is 12.0 Å². The van der Waals surface area contributed by atoms with E-state index in [1.54, 1.807) is 41.1 Å². The van der Waals surface area contributed by atoms with Gasteiger partial charge in [0.1, 0.15) is 0 Å². The largest absolute Gasteiger partial charge is 0.343 e. The second-order valence-corrected chi connectivity index (χ2v) is 6.00. The lowest BCUT2D eigenvalue weighted by Crippen LogP contribution is -2.41. The van der Waals surface area contributed by atoms with E-state index in [1.807, 2.05) is 0 Å². The van der Waals surface area contributed by atoms with Gasteiger partial charge in [-0.25, -0.2) is 0 Å². The molecule has 2 aromatic rings. The van der Waals surface area contributed by atoms with Crippen molar-refractivity contribution >= 4 is 34.7 Å². The minimum Gasteiger partial charge on any atom is -0.343 e. The van der Waals surface area contributed by atoms with Gasteiger partial charge < -0.3 is 15.5 Å². The number of hydrogen-bond acceptors (Lipinski definition) is 4. The summed E-state index contributed by atoms with van der Waals surface area (Å²) in [6.07, 6.45) is 5.31. The number of carbonyl (C=O) groups is 3. The molecule has 25 heavy (non-hydrogen) atoms. The van der Waals surface area contributed by atoms with Crippen LogP contribution in [0.1, 0.15) is 15.9 Å². The predicted octanol–water partition coefficient (Wildman–Crippen LogP) is 1.56. The summed E-state index contributed by atoms with van der Waals surface area (Å²) in [4.78, 5) is 37.1. The van der Waals surface area contributed by atoms with E-state index in [-0.39, 0.29) is 30.8 Å². The summed E-state index contributed by atoms with van der Waals surface area (Å²) in [5, 5.41) is 8.68. The third-order valence-corrected chi connectivity index (χ3v) is 3.99. The van der Waals surface area contributed by atoms with Gasteiger partial charge in [0.05, 0.1) is 13.1 Å². The molecule has 3 amide bonds. The Balaban J connectivity index is 1.80. The molecule has 7 heteroatoms. The topological polar surface area (TPSA) is 78.5 Å². The summed E-state index contributed by atoms with van der Waals surface area (Å²) < 4.78 is 0. The Morgan fingerprint density at radius 2 is 2.08 bits per heavy atom. The fourth-order valence-electron chi connectivity index (χ4n) is 1.98. The SMILES string of the molecule is C#Cc1cccc(NC(=O)CN(C)C(=O)CNC(=O)c2ccsc2)c1. The smallest absolute Gasteiger partial charge is 0.252 e. The highest BCUT2D eigenvalue weighted by atomic mass is 32.1. The molecule has 0 aliphatic rings. The molecule has 0 unspecified atom stereocenters. The quantitative estimate of drug-likeness (QED) is 0.772. The van der Waals surface area contributed by atoms with Gasteiger partial charge in [0.15, 0.2) is 0 Å². The number of rotatable bonds is 6. The van der Waals surface area contributed by atoms with Gasteiger partial charge in [-0.15, -0.1) is 6.42 Å². The van der Waals surface area contributed by atoms with Crippen molar-refractivity contribution in [2.45, 2.75) is 0 Å². The van der Waals surface area contributed by atoms with Gasteiger partial charge >= 0.3 is 0 Å². The summed E-state index contributed by atoms with van der Waals surface area (Å²) in [5.74, 6) is 1.45. The molecule has 0 spiro atoms. The van der Waals surface area contributed by atoms with Crippen LogP contribution in [0.5, 0.6) is 0 Å². The van der Waals surface area contributed by atoms with E-state index >= 15 is 0 Å². The average Bonchev–Trinajstić information content (AvgIpc) is 3.14. The fourth-order valence-corrected chi connectivity index (χ4v) is 2.61. The van der Waals surface area contributed by atoms with Crippen LogP contribution in [0.25, 0.3) is 0 Å². The van der Waals surface area contributed by atoms with E-state index in [0.29, 0.717) is 16.8 Å². The number of nitrogens with zero attached hydrogens (tertiary/aromatic N) is 1. The summed E-state index contributed by atoms with van der Waals surface area (Å²) >= 11 is 1.40. The Labute approximate surface area is 149 Å². The van der Waals surface area contributed by atoms with Gasteiger partial charge in [-0.2, -0.15) is 11.3 Å². The number of thiophene rings is 1. The molecule has 128 valence electrons. The van der Waals surface area contributed by atoms with Gasteiger partial charge in [-0.05, 0) is 29.6 Å². The number of hydrogen-bond donors (Lipinski definition) is 2. The van der Waals surface area contributed by atoms with Crippen LogP contribution in [0.4, 0.5) is 5.69 Å². The predicted molar refractivity (Wildman–Crippen MR) is 97.3 cm³/mol. The maximum absolute atomic E-state index is 12.0. The molecule has 0 aliphatic heterocycles. The first-order chi connectivity index (χ1) is 12.0. The van der Waals surface area contributed by atoms with Crippen LogP contribution in [0.15, 0.2) is 41.1 Å². The van der Waals surface area contributed by atoms with Crippen LogP contribution < -0.4 is 10.6 Å². The number of amides is 3. The first-order valence-electron chi connectivity index (χ1n) is 7.40. The Hall–Kier alpha value is -3.11. The second kappa shape index (κ2) is 8.66. The average molecular weight is 355 g/mol. The number of likely N-dealkylation sites (N-methyl/N-ethyl adjacent to an activating group) is 1. The summed E-state index contributed by atoms with van der Waals surface area (Å²) in [5.41, 5.74) is 1.72. The van der Waals surface area contributed by atoms with Crippen LogP contribution in [-0.2, 0) is 9.59 Å². The van der Waals surface area contributed by atoms with Crippen LogP contribution in [-0.4, -0.2) is 42.8 Å². The maximum Gasteiger partial charge on any atom is 0.252 e. The monoisotopic (exact) mass is 355 g/mol. The molecule has 0 aliphatic carbocycles. The standard InChI is InChI=1S/C18H17N3O3S/c1-3-13-5-4-6-15(9-13)20-16(22)11-21(2)17(23)10-19-18(24)14-7-8-25-12-14/h1,4-9,12H,10-11H2,2H3,(H,19,24)(H,20,22). The van der Waals surface area contributed by atoms with Crippen LogP contribution in [0, 0.1) is 12.3 Å². The third-order valence-electron chi connectivity index (χ3n) is 3.30. The van der Waals surface area contributed by atoms with Crippen molar-refractivity contribution in [2.75, 3.05) is 25.5 Å². The highest BCUT2D eigenvalue weighted by Gasteiger charge is 2.15. The third kappa shape index (κ3) is 5.48. The number of benzene rings is 1. The van der Waals surface area contributed by atoms with E-state index in [4.69, 9.17) is 6.42 Å². The normalized spacial score (nSPS) is 9.76. The summed E-state index contributed by atoms with van der Waals surface area (Å²) in [7, 11) is 1.50. The zero-order valence-corrected chi connectivity index (χ0v) is 14.4. The summed E-state index contributed by atoms with van der Waals surface area (Å²) in [6, 6.07) is 8.54. The van der Waals surface area contributed by atoms with E-state index in [2.05, 4.69) is 16.6 Å². The molecule has 2 rings (SSSR count). The minimum absolute atomic E-state index is 0.132. The molecular weight excluding hydrogens is 338 g/mol. The molecule has 0 saturated carbocycles. The highest BCUT2D eigenvalue weighted by molar-refractivity contribution is 7.08. The van der Waals surface area contributed by atoms with Gasteiger partial charge in [0.2, 0.25) is 11.8 Å². The molecule has 1 aromatic carbocycles. The lowest BCUT2D eigenvalue weighted by Gasteiger charge is -2.17. The van der Waals surface area contributed by atoms with Crippen molar-refractivity contribution in [3.8, 4) is 12.3 Å². The Morgan fingerprint density at radius 3 is 2.76 bits per heavy atom. The molecule has 0 atom stereocenters. The van der Waals surface area contributed by atoms with Gasteiger partial charge in [0, 0.05) is 29.2 Å². The Morgan fingerprint density at radius 1 is 1.28 bits per heavy atom. The Bertz CT molecular complexity index is 809. The molecule has 0 radical (unpaired) electrons. The summed E-state index contributed by atoms with van der Waals surface area (Å²) in [6.45, 7) is -0.307. The number of terminal acetylenes is 1. The zero-order chi connectivity index (χ0) is 18.2. The zero-order valence-electron chi connectivity index (χ0n) is 13.6. The van der Waals surface area contributed by atoms with Crippen molar-refractivity contribution in [3.05, 3.63) is 52.2 Å². The first kappa shape index (κ1) is 18.2. The van der Waals surface area contributed by atoms with Crippen molar-refractivity contribution in [1.82, 2.24) is 10.2 Å². The minimum atomic E-state index is -0.365. The van der Waals surface area contributed by atoms with Gasteiger partial charge in [-0.3, -0.25) is 14.4 Å². The molecule has 0 bridgehead atoms. The number of carbonyl (C=O) groups excluding carboxylic acids is 3. The van der Waals surface area contributed by atoms with E-state index < -0.39 is 0 Å². The molecule has 0 fully saturated rings. The van der Waals surface area contributed by atoms with Crippen molar-refractivity contribution in [3.63, 3.8) is 0 Å². The Kier molecular flexibility index (Phi) is 6.32. The molecule has 1 heterocycles. The van der Waals surface area contributed by atoms with Crippen LogP contribution in [0.2, 0.25) is 0 Å². The van der Waals surface area contributed by atoms with Crippen LogP contribution in [0.3, 0.4) is 0 Å². The lowest BCUT2D eigenvalue weighted by molar-refractivity contribution is -0.132. The fraction of sp³-hybridized carbons (Fsp3) is 0.167. The van der Waals surface area contributed by atoms with Crippen molar-refractivity contribution in [1.29, 1.82) is 0 Å². The second-order valence-electron chi connectivity index (χ2n) is 5.22. The molecular formula is C18H17N3O3S. The molecule has 2 N–H and O–H groups in total. The first-order valence-corrected chi connectivity index (χ1v) is 8.35. The highest BCUT2D eigenvalue weighted by Crippen LogP contribution is 2.09. The maximum atomic E-state index is 12.0. The van der Waals surface area contributed by atoms with E-state index in [9.17, 15) is 14.4 Å².